The first-order valence-corrected chi connectivity index (χ1v) is 18.7. The molecule has 0 unspecified atom stereocenters. The van der Waals surface area contributed by atoms with Crippen molar-refractivity contribution in [3.05, 3.63) is 217 Å². The standard InChI is InChI=1S/C46H32N2Si/c1-5-17-33(18-6-1)43-44(34-19-7-2-8-20-34)46(42-30-36-22-14-16-24-38(36)32-48-42)49(39-25-9-3-10-26-39,40-27-11-4-12-28-40)45(43)41-29-35-21-13-15-23-37(35)31-47-41/h1-32H. The first kappa shape index (κ1) is 29.0. The summed E-state index contributed by atoms with van der Waals surface area (Å²) in [6.45, 7) is 0. The van der Waals surface area contributed by atoms with Crippen molar-refractivity contribution in [2.24, 2.45) is 0 Å². The van der Waals surface area contributed by atoms with E-state index in [2.05, 4.69) is 182 Å². The van der Waals surface area contributed by atoms with Crippen molar-refractivity contribution < 1.29 is 0 Å². The summed E-state index contributed by atoms with van der Waals surface area (Å²) in [7, 11) is -3.16. The van der Waals surface area contributed by atoms with Gasteiger partial charge in [-0.1, -0.05) is 170 Å². The van der Waals surface area contributed by atoms with Crippen molar-refractivity contribution in [2.75, 3.05) is 0 Å². The Morgan fingerprint density at radius 1 is 0.327 bits per heavy atom. The number of hydrogen-bond acceptors (Lipinski definition) is 2. The van der Waals surface area contributed by atoms with Gasteiger partial charge in [-0.25, -0.2) is 0 Å². The molecule has 0 radical (unpaired) electrons. The van der Waals surface area contributed by atoms with Gasteiger partial charge in [0.15, 0.2) is 8.07 Å². The summed E-state index contributed by atoms with van der Waals surface area (Å²) in [5.74, 6) is 0. The molecule has 0 atom stereocenters. The van der Waals surface area contributed by atoms with Crippen LogP contribution < -0.4 is 10.4 Å². The van der Waals surface area contributed by atoms with Gasteiger partial charge in [-0.15, -0.1) is 0 Å². The Morgan fingerprint density at radius 3 is 1.04 bits per heavy atom. The Labute approximate surface area is 287 Å². The monoisotopic (exact) mass is 640 g/mol. The fraction of sp³-hybridized carbons (Fsp3) is 0. The lowest BCUT2D eigenvalue weighted by atomic mass is 9.90. The fourth-order valence-electron chi connectivity index (χ4n) is 7.74. The molecule has 3 heteroatoms. The predicted octanol–water partition coefficient (Wildman–Crippen LogP) is 9.66. The second-order valence-electron chi connectivity index (χ2n) is 12.5. The zero-order valence-electron chi connectivity index (χ0n) is 26.9. The van der Waals surface area contributed by atoms with Gasteiger partial charge >= 0.3 is 0 Å². The largest absolute Gasteiger partial charge is 0.256 e. The van der Waals surface area contributed by atoms with Crippen LogP contribution in [0.1, 0.15) is 22.5 Å². The molecule has 2 nitrogen and oxygen atoms in total. The number of hydrogen-bond donors (Lipinski definition) is 0. The average Bonchev–Trinajstić information content (AvgIpc) is 3.52. The number of nitrogens with zero attached hydrogens (tertiary/aromatic N) is 2. The zero-order chi connectivity index (χ0) is 32.6. The van der Waals surface area contributed by atoms with Gasteiger partial charge in [-0.2, -0.15) is 0 Å². The SMILES string of the molecule is c1ccc(C2=C(c3cc4ccccc4cn3)[Si](c3ccccc3)(c3ccccc3)C(c3cc4ccccc4cn3)=C2c2ccccc2)cc1. The zero-order valence-corrected chi connectivity index (χ0v) is 27.9. The van der Waals surface area contributed by atoms with E-state index in [1.54, 1.807) is 0 Å². The van der Waals surface area contributed by atoms with Gasteiger partial charge in [-0.05, 0) is 65.9 Å². The van der Waals surface area contributed by atoms with Crippen LogP contribution in [0.4, 0.5) is 0 Å². The van der Waals surface area contributed by atoms with E-state index in [0.29, 0.717) is 0 Å². The van der Waals surface area contributed by atoms with E-state index in [9.17, 15) is 0 Å². The quantitative estimate of drug-likeness (QED) is 0.169. The summed E-state index contributed by atoms with van der Waals surface area (Å²) < 4.78 is 0. The minimum Gasteiger partial charge on any atom is -0.256 e. The molecule has 49 heavy (non-hydrogen) atoms. The van der Waals surface area contributed by atoms with Crippen LogP contribution >= 0.6 is 0 Å². The minimum absolute atomic E-state index is 1.00. The Hall–Kier alpha value is -6.16. The van der Waals surface area contributed by atoms with Crippen molar-refractivity contribution in [2.45, 2.75) is 0 Å². The molecule has 0 fully saturated rings. The minimum atomic E-state index is -3.16. The Bertz CT molecular complexity index is 2340. The van der Waals surface area contributed by atoms with E-state index in [1.807, 2.05) is 12.4 Å². The molecule has 8 aromatic rings. The molecule has 3 heterocycles. The molecule has 0 saturated heterocycles. The molecule has 1 aliphatic rings. The third kappa shape index (κ3) is 4.78. The van der Waals surface area contributed by atoms with Crippen LogP contribution in [0.5, 0.6) is 0 Å². The molecular weight excluding hydrogens is 609 g/mol. The first-order chi connectivity index (χ1) is 24.3. The molecule has 6 aromatic carbocycles. The van der Waals surface area contributed by atoms with Gasteiger partial charge in [0.25, 0.3) is 0 Å². The van der Waals surface area contributed by atoms with E-state index >= 15 is 0 Å². The molecule has 2 aromatic heterocycles. The Balaban J connectivity index is 1.54. The number of benzene rings is 6. The summed E-state index contributed by atoms with van der Waals surface area (Å²) in [6.07, 6.45) is 4.09. The van der Waals surface area contributed by atoms with Crippen molar-refractivity contribution in [1.29, 1.82) is 0 Å². The lowest BCUT2D eigenvalue weighted by Gasteiger charge is -2.35. The molecule has 1 aliphatic heterocycles. The number of allylic oxidation sites excluding steroid dienone is 2. The van der Waals surface area contributed by atoms with Crippen LogP contribution in [-0.4, -0.2) is 18.0 Å². The average molecular weight is 641 g/mol. The van der Waals surface area contributed by atoms with Gasteiger partial charge in [0.1, 0.15) is 0 Å². The molecule has 0 spiro atoms. The lowest BCUT2D eigenvalue weighted by molar-refractivity contribution is 1.31. The van der Waals surface area contributed by atoms with Gasteiger partial charge in [0.2, 0.25) is 0 Å². The van der Waals surface area contributed by atoms with Gasteiger partial charge in [-0.3, -0.25) is 9.97 Å². The number of fused-ring (bicyclic) bond motifs is 2. The molecule has 9 rings (SSSR count). The van der Waals surface area contributed by atoms with Crippen LogP contribution in [0.2, 0.25) is 0 Å². The normalized spacial score (nSPS) is 14.1. The Kier molecular flexibility index (Phi) is 7.18. The van der Waals surface area contributed by atoms with Crippen molar-refractivity contribution in [3.63, 3.8) is 0 Å². The molecule has 0 N–H and O–H groups in total. The lowest BCUT2D eigenvalue weighted by Crippen LogP contribution is -2.60. The van der Waals surface area contributed by atoms with Crippen LogP contribution in [-0.2, 0) is 0 Å². The summed E-state index contributed by atoms with van der Waals surface area (Å²) in [5, 5.41) is 9.78. The van der Waals surface area contributed by atoms with Gasteiger partial charge in [0.05, 0.1) is 11.4 Å². The van der Waals surface area contributed by atoms with Crippen LogP contribution in [0, 0.1) is 0 Å². The Morgan fingerprint density at radius 2 is 0.653 bits per heavy atom. The second kappa shape index (κ2) is 12.1. The molecule has 230 valence electrons. The van der Waals surface area contributed by atoms with Gasteiger partial charge < -0.3 is 0 Å². The van der Waals surface area contributed by atoms with Crippen LogP contribution in [0.25, 0.3) is 43.1 Å². The predicted molar refractivity (Wildman–Crippen MR) is 208 cm³/mol. The summed E-state index contributed by atoms with van der Waals surface area (Å²) in [5.41, 5.74) is 6.79. The third-order valence-electron chi connectivity index (χ3n) is 9.81. The maximum absolute atomic E-state index is 5.35. The van der Waals surface area contributed by atoms with E-state index in [0.717, 1.165) is 22.2 Å². The third-order valence-corrected chi connectivity index (χ3v) is 14.7. The maximum atomic E-state index is 5.35. The molecule has 0 bridgehead atoms. The van der Waals surface area contributed by atoms with Gasteiger partial charge in [0, 0.05) is 23.2 Å². The number of rotatable bonds is 6. The van der Waals surface area contributed by atoms with Crippen molar-refractivity contribution in [1.82, 2.24) is 9.97 Å². The summed E-state index contributed by atoms with van der Waals surface area (Å²) in [4.78, 5) is 10.7. The highest BCUT2D eigenvalue weighted by Crippen LogP contribution is 2.55. The molecular formula is C46H32N2Si. The maximum Gasteiger partial charge on any atom is 0.185 e. The summed E-state index contributed by atoms with van der Waals surface area (Å²) >= 11 is 0. The molecule has 0 amide bonds. The van der Waals surface area contributed by atoms with Crippen LogP contribution in [0.15, 0.2) is 194 Å². The first-order valence-electron chi connectivity index (χ1n) is 16.7. The molecule has 0 saturated carbocycles. The van der Waals surface area contributed by atoms with Crippen molar-refractivity contribution in [3.8, 4) is 0 Å². The topological polar surface area (TPSA) is 25.8 Å². The number of aromatic nitrogens is 2. The van der Waals surface area contributed by atoms with Crippen LogP contribution in [0.3, 0.4) is 0 Å². The highest BCUT2D eigenvalue weighted by atomic mass is 28.3. The highest BCUT2D eigenvalue weighted by Gasteiger charge is 2.54. The second-order valence-corrected chi connectivity index (χ2v) is 16.2. The fourth-order valence-corrected chi connectivity index (χ4v) is 13.2. The summed E-state index contributed by atoms with van der Waals surface area (Å²) in [6, 6.07) is 65.8. The van der Waals surface area contributed by atoms with Crippen molar-refractivity contribution >= 4 is 61.5 Å². The molecule has 0 aliphatic carbocycles. The highest BCUT2D eigenvalue weighted by molar-refractivity contribution is 7.29. The number of pyridine rings is 2. The van der Waals surface area contributed by atoms with E-state index in [4.69, 9.17) is 9.97 Å². The van der Waals surface area contributed by atoms with E-state index in [1.165, 1.54) is 53.8 Å². The van der Waals surface area contributed by atoms with E-state index < -0.39 is 8.07 Å². The smallest absolute Gasteiger partial charge is 0.185 e. The van der Waals surface area contributed by atoms with E-state index in [-0.39, 0.29) is 0 Å².